The van der Waals surface area contributed by atoms with Gasteiger partial charge < -0.3 is 18.6 Å². The van der Waals surface area contributed by atoms with Crippen molar-refractivity contribution in [2.45, 2.75) is 173 Å². The maximum atomic E-state index is 7.52. The van der Waals surface area contributed by atoms with E-state index in [0.29, 0.717) is 0 Å². The second-order valence-electron chi connectivity index (χ2n) is 40.5. The highest BCUT2D eigenvalue weighted by atomic mass is 16.3. The first-order valence-electron chi connectivity index (χ1n) is 49.0. The van der Waals surface area contributed by atoms with E-state index in [4.69, 9.17) is 8.83 Å². The Labute approximate surface area is 783 Å². The van der Waals surface area contributed by atoms with E-state index in [0.717, 1.165) is 100 Å². The average molecular weight is 1720 g/mol. The second kappa shape index (κ2) is 31.9. The Bertz CT molecular complexity index is 7810. The molecule has 2 aromatic heterocycles. The van der Waals surface area contributed by atoms with Crippen LogP contribution in [0.4, 0.5) is 34.1 Å². The quantitative estimate of drug-likeness (QED) is 0.0565. The van der Waals surface area contributed by atoms with E-state index in [-0.39, 0.29) is 21.7 Å². The summed E-state index contributed by atoms with van der Waals surface area (Å²) in [6.45, 7) is 21.8. The van der Waals surface area contributed by atoms with Gasteiger partial charge in [-0.3, -0.25) is 0 Å². The van der Waals surface area contributed by atoms with Crippen molar-refractivity contribution in [1.82, 2.24) is 0 Å². The van der Waals surface area contributed by atoms with E-state index in [1.165, 1.54) is 211 Å². The summed E-state index contributed by atoms with van der Waals surface area (Å²) in [5.74, 6) is 0. The van der Waals surface area contributed by atoms with Crippen molar-refractivity contribution in [2.24, 2.45) is 0 Å². The first kappa shape index (κ1) is 82.1. The molecule has 0 N–H and O–H groups in total. The van der Waals surface area contributed by atoms with E-state index < -0.39 is 5.41 Å². The van der Waals surface area contributed by atoms with Gasteiger partial charge in [-0.05, 0) is 285 Å². The van der Waals surface area contributed by atoms with Gasteiger partial charge in [0.15, 0.2) is 5.58 Å². The number of para-hydroxylation sites is 5. The highest BCUT2D eigenvalue weighted by molar-refractivity contribution is 6.26. The second-order valence-corrected chi connectivity index (χ2v) is 40.5. The molecule has 0 saturated carbocycles. The minimum atomic E-state index is -0.706. The first-order valence-corrected chi connectivity index (χ1v) is 49.0. The minimum absolute atomic E-state index is 0.0448. The van der Waals surface area contributed by atoms with Gasteiger partial charge in [-0.25, -0.2) is 0 Å². The lowest BCUT2D eigenvalue weighted by molar-refractivity contribution is 0.398. The molecule has 2 atom stereocenters. The molecular formula is C129H112N2O2. The number of unbranched alkanes of at least 4 members (excludes halogenated alkanes) is 9. The molecule has 0 amide bonds. The minimum Gasteiger partial charge on any atom is -0.455 e. The van der Waals surface area contributed by atoms with Gasteiger partial charge in [0.25, 0.3) is 0 Å². The Morgan fingerprint density at radius 2 is 0.549 bits per heavy atom. The van der Waals surface area contributed by atoms with Gasteiger partial charge in [-0.1, -0.05) is 369 Å². The molecule has 133 heavy (non-hydrogen) atoms. The van der Waals surface area contributed by atoms with Crippen LogP contribution in [0.5, 0.6) is 0 Å². The molecule has 0 bridgehead atoms. The number of fused-ring (bicyclic) bond motifs is 23. The van der Waals surface area contributed by atoms with Crippen molar-refractivity contribution in [2.75, 3.05) is 9.80 Å². The average Bonchev–Trinajstić information content (AvgIpc) is 1.50. The third kappa shape index (κ3) is 12.9. The smallest absolute Gasteiger partial charge is 0.160 e. The summed E-state index contributed by atoms with van der Waals surface area (Å²) in [4.78, 5) is 4.83. The molecule has 4 nitrogen and oxygen atoms in total. The zero-order valence-electron chi connectivity index (χ0n) is 78.0. The predicted octanol–water partition coefficient (Wildman–Crippen LogP) is 36.7. The van der Waals surface area contributed by atoms with Gasteiger partial charge in [0.05, 0.1) is 16.8 Å². The van der Waals surface area contributed by atoms with Gasteiger partial charge in [0.1, 0.15) is 16.7 Å². The Morgan fingerprint density at radius 1 is 0.233 bits per heavy atom. The predicted molar refractivity (Wildman–Crippen MR) is 560 cm³/mol. The highest BCUT2D eigenvalue weighted by Crippen LogP contribution is 2.65. The lowest BCUT2D eigenvalue weighted by atomic mass is 9.70. The van der Waals surface area contributed by atoms with E-state index >= 15 is 0 Å². The van der Waals surface area contributed by atoms with Crippen LogP contribution in [0.15, 0.2) is 367 Å². The van der Waals surface area contributed by atoms with E-state index in [1.807, 2.05) is 0 Å². The molecule has 17 aromatic carbocycles. The van der Waals surface area contributed by atoms with Crippen LogP contribution in [0.25, 0.3) is 144 Å². The van der Waals surface area contributed by atoms with Gasteiger partial charge in [-0.15, -0.1) is 0 Å². The molecule has 5 aliphatic carbocycles. The zero-order chi connectivity index (χ0) is 89.8. The molecule has 19 aromatic rings. The number of furan rings is 2. The Kier molecular flexibility index (Phi) is 19.7. The Hall–Kier alpha value is -14.1. The molecule has 0 saturated heterocycles. The summed E-state index contributed by atoms with van der Waals surface area (Å²) in [5, 5.41) is 4.22. The van der Waals surface area contributed by atoms with Crippen molar-refractivity contribution in [3.05, 3.63) is 419 Å². The maximum Gasteiger partial charge on any atom is 0.160 e. The van der Waals surface area contributed by atoms with Gasteiger partial charge in [0, 0.05) is 77.1 Å². The highest BCUT2D eigenvalue weighted by Gasteiger charge is 2.49. The van der Waals surface area contributed by atoms with Gasteiger partial charge >= 0.3 is 0 Å². The van der Waals surface area contributed by atoms with E-state index in [2.05, 4.69) is 430 Å². The van der Waals surface area contributed by atoms with Crippen molar-refractivity contribution in [1.29, 1.82) is 0 Å². The monoisotopic (exact) mass is 1720 g/mol. The molecule has 5 aliphatic rings. The van der Waals surface area contributed by atoms with E-state index in [9.17, 15) is 0 Å². The maximum absolute atomic E-state index is 7.52. The van der Waals surface area contributed by atoms with Crippen LogP contribution in [0.1, 0.15) is 207 Å². The van der Waals surface area contributed by atoms with Crippen LogP contribution >= 0.6 is 0 Å². The molecule has 2 unspecified atom stereocenters. The normalized spacial score (nSPS) is 16.2. The first-order chi connectivity index (χ1) is 65.0. The molecule has 0 spiro atoms. The van der Waals surface area contributed by atoms with E-state index in [1.54, 1.807) is 11.1 Å². The summed E-state index contributed by atoms with van der Waals surface area (Å²) >= 11 is 0. The van der Waals surface area contributed by atoms with Crippen molar-refractivity contribution in [3.63, 3.8) is 0 Å². The van der Waals surface area contributed by atoms with Crippen LogP contribution < -0.4 is 9.80 Å². The number of benzene rings is 17. The van der Waals surface area contributed by atoms with Crippen LogP contribution in [0, 0.1) is 0 Å². The largest absolute Gasteiger partial charge is 0.455 e. The van der Waals surface area contributed by atoms with Crippen LogP contribution in [-0.4, -0.2) is 0 Å². The number of rotatable bonds is 24. The molecular weight excluding hydrogens is 1610 g/mol. The number of hydrogen-bond donors (Lipinski definition) is 0. The molecule has 4 heteroatoms. The van der Waals surface area contributed by atoms with Crippen molar-refractivity contribution >= 4 is 78.0 Å². The van der Waals surface area contributed by atoms with Crippen LogP contribution in [0.2, 0.25) is 0 Å². The van der Waals surface area contributed by atoms with Crippen LogP contribution in [0.3, 0.4) is 0 Å². The number of hydrogen-bond acceptors (Lipinski definition) is 4. The summed E-state index contributed by atoms with van der Waals surface area (Å²) in [6, 6.07) is 136. The zero-order valence-corrected chi connectivity index (χ0v) is 78.0. The number of anilines is 6. The fraction of sp³-hybridized carbons (Fsp3) is 0.209. The topological polar surface area (TPSA) is 32.8 Å². The lowest BCUT2D eigenvalue weighted by Crippen LogP contribution is -2.25. The fourth-order valence-corrected chi connectivity index (χ4v) is 24.8. The van der Waals surface area contributed by atoms with Gasteiger partial charge in [0.2, 0.25) is 0 Å². The standard InChI is InChI=1S/C129H112N2O2/c1-10-12-14-16-18-38-72-129(71-37-17-15-13-11-2)105-50-34-31-47-95(105)102-70-61-89(79-112(102)129)88-60-69-101-100-68-59-87(77-110(100)127(7,8)111(101)78-88)86-58-67-99-98-66-57-85(75-108(98)126(5,6)109(99)76-86)84-56-65-97-96-64-55-83(73-106(96)125(3,4)107(97)74-84)82-53-62-94(63-54-82)130(91-41-25-20-26-42-91)115-80-114-122(124-119(115)103-48-32-35-51-117(103)133-124)121-113(128(114,9)90-39-23-19-24-40-90)81-116(123-120(121)104-49-33-36-52-118(104)132-123)131(92-43-27-21-28-44-92)93-45-29-22-30-46-93/h19-36,39-70,73-81H,10-18,37-38,71-72H2,1-9H3. The molecule has 0 aliphatic heterocycles. The third-order valence-corrected chi connectivity index (χ3v) is 31.9. The molecule has 0 radical (unpaired) electrons. The number of nitrogens with zero attached hydrogens (tertiary/aromatic N) is 2. The van der Waals surface area contributed by atoms with Crippen molar-refractivity contribution in [3.8, 4) is 100 Å². The summed E-state index contributed by atoms with van der Waals surface area (Å²) in [7, 11) is 0. The van der Waals surface area contributed by atoms with Crippen LogP contribution in [-0.2, 0) is 27.1 Å². The Morgan fingerprint density at radius 3 is 0.992 bits per heavy atom. The molecule has 0 fully saturated rings. The summed E-state index contributed by atoms with van der Waals surface area (Å²) < 4.78 is 14.8. The summed E-state index contributed by atoms with van der Waals surface area (Å²) in [6.07, 6.45) is 16.9. The Balaban J connectivity index is 0.525. The molecule has 2 heterocycles. The molecule has 650 valence electrons. The molecule has 24 rings (SSSR count). The fourth-order valence-electron chi connectivity index (χ4n) is 24.8. The van der Waals surface area contributed by atoms with Gasteiger partial charge in [-0.2, -0.15) is 0 Å². The third-order valence-electron chi connectivity index (χ3n) is 31.9. The lowest BCUT2D eigenvalue weighted by Gasteiger charge is -2.33. The summed E-state index contributed by atoms with van der Waals surface area (Å²) in [5.41, 5.74) is 46.2. The SMILES string of the molecule is CCCCCCCCC1(CCCCCCC)c2ccccc2-c2ccc(-c3ccc4c(c3)C(C)(C)c3cc(-c5ccc6c(c5)C(C)(C)c5cc(-c7ccc8c(c7)C(C)(C)c7cc(-c9ccc(N(c%10ccccc%10)c%10cc%11c(c%12oc%13ccccc%13c%10%12)-c%10c(cc(N(c%12ccccc%12)c%12ccccc%12)c%12oc%13ccccc%13c%10%12)C%11(C)c%10ccccc%10)cc9)ccc7-8)ccc5-6)ccc3-4)cc21. The van der Waals surface area contributed by atoms with Crippen molar-refractivity contribution < 1.29 is 8.83 Å².